The predicted molar refractivity (Wildman–Crippen MR) is 116 cm³/mol. The number of primary amides is 1. The molecular formula is C22H28N6O2. The topological polar surface area (TPSA) is 150 Å². The molecule has 1 aliphatic carbocycles. The quantitative estimate of drug-likeness (QED) is 0.450. The molecule has 1 fully saturated rings. The van der Waals surface area contributed by atoms with Crippen LogP contribution in [0, 0.1) is 11.3 Å². The number of hydrogen-bond acceptors (Lipinski definition) is 7. The van der Waals surface area contributed by atoms with Gasteiger partial charge in [-0.25, -0.2) is 4.98 Å². The number of anilines is 3. The summed E-state index contributed by atoms with van der Waals surface area (Å²) in [6.07, 6.45) is 5.39. The second-order valence-electron chi connectivity index (χ2n) is 7.61. The Hall–Kier alpha value is -3.15. The van der Waals surface area contributed by atoms with Crippen LogP contribution in [0.4, 0.5) is 17.3 Å². The summed E-state index contributed by atoms with van der Waals surface area (Å²) in [7, 11) is 0. The van der Waals surface area contributed by atoms with Gasteiger partial charge in [0.05, 0.1) is 11.1 Å². The highest BCUT2D eigenvalue weighted by Gasteiger charge is 2.24. The number of carbonyl (C=O) groups is 1. The molecule has 1 amide bonds. The Labute approximate surface area is 176 Å². The average Bonchev–Trinajstić information content (AvgIpc) is 2.74. The number of aromatic nitrogens is 1. The molecule has 0 bridgehead atoms. The van der Waals surface area contributed by atoms with E-state index in [-0.39, 0.29) is 35.6 Å². The number of aliphatic hydroxyl groups excluding tert-OH is 1. The molecule has 0 spiro atoms. The van der Waals surface area contributed by atoms with Crippen molar-refractivity contribution in [1.29, 1.82) is 5.26 Å². The van der Waals surface area contributed by atoms with Crippen LogP contribution in [0.1, 0.15) is 53.6 Å². The summed E-state index contributed by atoms with van der Waals surface area (Å²) in [5.41, 5.74) is 14.0. The van der Waals surface area contributed by atoms with Gasteiger partial charge in [0.2, 0.25) is 0 Å². The van der Waals surface area contributed by atoms with E-state index in [1.807, 2.05) is 24.3 Å². The Morgan fingerprint density at radius 1 is 1.27 bits per heavy atom. The molecule has 1 aromatic heterocycles. The maximum Gasteiger partial charge on any atom is 0.252 e. The number of nitriles is 1. The van der Waals surface area contributed by atoms with Crippen molar-refractivity contribution in [3.05, 3.63) is 47.0 Å². The van der Waals surface area contributed by atoms with Gasteiger partial charge in [0.15, 0.2) is 0 Å². The van der Waals surface area contributed by atoms with Crippen molar-refractivity contribution >= 4 is 23.2 Å². The van der Waals surface area contributed by atoms with Crippen molar-refractivity contribution in [2.75, 3.05) is 17.2 Å². The summed E-state index contributed by atoms with van der Waals surface area (Å²) in [6.45, 7) is 0.124. The molecule has 3 rings (SSSR count). The molecule has 8 nitrogen and oxygen atoms in total. The Kier molecular flexibility index (Phi) is 7.22. The van der Waals surface area contributed by atoms with Crippen LogP contribution in [0.5, 0.6) is 0 Å². The summed E-state index contributed by atoms with van der Waals surface area (Å²) in [5.74, 6) is 0.00956. The fraction of sp³-hybridized carbons (Fsp3) is 0.409. The molecule has 158 valence electrons. The standard InChI is InChI=1S/C22H28N6O2/c23-13-15-12-17(20(25)30)22(26-16-7-3-5-14(11-16)6-4-10-29)28-21(15)27-19-9-2-1-8-18(19)24/h3,5,7,11-12,18-19,29H,1-2,4,6,8-10,24H2,(H2,25,30)(H2,26,27,28)/t18-,19+/m0/s1. The maximum atomic E-state index is 12.0. The number of nitrogens with zero attached hydrogens (tertiary/aromatic N) is 2. The number of aryl methyl sites for hydroxylation is 1. The van der Waals surface area contributed by atoms with Gasteiger partial charge in [0.1, 0.15) is 17.7 Å². The number of nitrogens with one attached hydrogen (secondary N) is 2. The molecule has 0 radical (unpaired) electrons. The SMILES string of the molecule is N#Cc1cc(C(N)=O)c(Nc2cccc(CCCO)c2)nc1N[C@@H]1CCCC[C@@H]1N. The van der Waals surface area contributed by atoms with E-state index >= 15 is 0 Å². The molecule has 1 heterocycles. The van der Waals surface area contributed by atoms with E-state index in [0.717, 1.165) is 43.4 Å². The third-order valence-corrected chi connectivity index (χ3v) is 5.36. The zero-order chi connectivity index (χ0) is 21.5. The van der Waals surface area contributed by atoms with E-state index in [0.29, 0.717) is 12.2 Å². The van der Waals surface area contributed by atoms with Gasteiger partial charge >= 0.3 is 0 Å². The lowest BCUT2D eigenvalue weighted by atomic mass is 9.91. The van der Waals surface area contributed by atoms with E-state index in [4.69, 9.17) is 16.6 Å². The van der Waals surface area contributed by atoms with Gasteiger partial charge in [-0.2, -0.15) is 5.26 Å². The molecular weight excluding hydrogens is 380 g/mol. The fourth-order valence-electron chi connectivity index (χ4n) is 3.73. The largest absolute Gasteiger partial charge is 0.396 e. The Bertz CT molecular complexity index is 940. The second-order valence-corrected chi connectivity index (χ2v) is 7.61. The first kappa shape index (κ1) is 21.6. The lowest BCUT2D eigenvalue weighted by molar-refractivity contribution is 0.100. The Balaban J connectivity index is 1.92. The van der Waals surface area contributed by atoms with Crippen molar-refractivity contribution in [3.63, 3.8) is 0 Å². The van der Waals surface area contributed by atoms with Crippen molar-refractivity contribution in [3.8, 4) is 6.07 Å². The molecule has 0 unspecified atom stereocenters. The van der Waals surface area contributed by atoms with E-state index in [9.17, 15) is 10.1 Å². The maximum absolute atomic E-state index is 12.0. The molecule has 7 N–H and O–H groups in total. The fourth-order valence-corrected chi connectivity index (χ4v) is 3.73. The van der Waals surface area contributed by atoms with Crippen LogP contribution in [0.2, 0.25) is 0 Å². The number of benzene rings is 1. The van der Waals surface area contributed by atoms with Gasteiger partial charge in [-0.05, 0) is 49.4 Å². The number of aliphatic hydroxyl groups is 1. The highest BCUT2D eigenvalue weighted by Crippen LogP contribution is 2.27. The van der Waals surface area contributed by atoms with Gasteiger partial charge in [-0.3, -0.25) is 4.79 Å². The third-order valence-electron chi connectivity index (χ3n) is 5.36. The molecule has 1 aliphatic rings. The number of nitrogens with two attached hydrogens (primary N) is 2. The minimum absolute atomic E-state index is 0.0116. The summed E-state index contributed by atoms with van der Waals surface area (Å²) in [4.78, 5) is 16.5. The molecule has 1 aromatic carbocycles. The number of pyridine rings is 1. The van der Waals surface area contributed by atoms with Crippen LogP contribution in [-0.4, -0.2) is 34.7 Å². The van der Waals surface area contributed by atoms with E-state index in [1.165, 1.54) is 6.07 Å². The average molecular weight is 409 g/mol. The first-order valence-corrected chi connectivity index (χ1v) is 10.3. The molecule has 8 heteroatoms. The monoisotopic (exact) mass is 408 g/mol. The summed E-state index contributed by atoms with van der Waals surface area (Å²) < 4.78 is 0. The van der Waals surface area contributed by atoms with E-state index in [1.54, 1.807) is 0 Å². The van der Waals surface area contributed by atoms with E-state index in [2.05, 4.69) is 21.7 Å². The molecule has 1 saturated carbocycles. The molecule has 0 aliphatic heterocycles. The number of rotatable bonds is 8. The lowest BCUT2D eigenvalue weighted by Crippen LogP contribution is -2.43. The second kappa shape index (κ2) is 10.1. The smallest absolute Gasteiger partial charge is 0.252 e. The van der Waals surface area contributed by atoms with Crippen LogP contribution < -0.4 is 22.1 Å². The summed E-state index contributed by atoms with van der Waals surface area (Å²) in [6, 6.07) is 11.2. The van der Waals surface area contributed by atoms with Crippen LogP contribution >= 0.6 is 0 Å². The van der Waals surface area contributed by atoms with Gasteiger partial charge in [0.25, 0.3) is 5.91 Å². The van der Waals surface area contributed by atoms with Crippen molar-refractivity contribution in [1.82, 2.24) is 4.98 Å². The highest BCUT2D eigenvalue weighted by atomic mass is 16.2. The van der Waals surface area contributed by atoms with Crippen LogP contribution in [0.25, 0.3) is 0 Å². The third kappa shape index (κ3) is 5.26. The zero-order valence-corrected chi connectivity index (χ0v) is 16.9. The first-order chi connectivity index (χ1) is 14.5. The Morgan fingerprint density at radius 2 is 2.07 bits per heavy atom. The molecule has 30 heavy (non-hydrogen) atoms. The molecule has 2 atom stereocenters. The summed E-state index contributed by atoms with van der Waals surface area (Å²) in [5, 5.41) is 25.1. The number of amides is 1. The number of carbonyl (C=O) groups excluding carboxylic acids is 1. The van der Waals surface area contributed by atoms with Gasteiger partial charge < -0.3 is 27.2 Å². The minimum atomic E-state index is -0.668. The predicted octanol–water partition coefficient (Wildman–Crippen LogP) is 2.40. The van der Waals surface area contributed by atoms with E-state index < -0.39 is 5.91 Å². The lowest BCUT2D eigenvalue weighted by Gasteiger charge is -2.30. The minimum Gasteiger partial charge on any atom is -0.396 e. The molecule has 0 saturated heterocycles. The van der Waals surface area contributed by atoms with Crippen molar-refractivity contribution in [2.24, 2.45) is 11.5 Å². The van der Waals surface area contributed by atoms with Crippen molar-refractivity contribution < 1.29 is 9.90 Å². The zero-order valence-electron chi connectivity index (χ0n) is 16.9. The van der Waals surface area contributed by atoms with Crippen LogP contribution in [0.3, 0.4) is 0 Å². The van der Waals surface area contributed by atoms with Crippen LogP contribution in [0.15, 0.2) is 30.3 Å². The van der Waals surface area contributed by atoms with Gasteiger partial charge in [-0.1, -0.05) is 25.0 Å². The van der Waals surface area contributed by atoms with Crippen LogP contribution in [-0.2, 0) is 6.42 Å². The van der Waals surface area contributed by atoms with Gasteiger partial charge in [-0.15, -0.1) is 0 Å². The normalized spacial score (nSPS) is 18.4. The molecule has 2 aromatic rings. The van der Waals surface area contributed by atoms with Crippen molar-refractivity contribution in [2.45, 2.75) is 50.6 Å². The number of hydrogen-bond donors (Lipinski definition) is 5. The Morgan fingerprint density at radius 3 is 2.77 bits per heavy atom. The van der Waals surface area contributed by atoms with Gasteiger partial charge in [0, 0.05) is 24.4 Å². The summed E-state index contributed by atoms with van der Waals surface area (Å²) >= 11 is 0. The first-order valence-electron chi connectivity index (χ1n) is 10.3. The highest BCUT2D eigenvalue weighted by molar-refractivity contribution is 5.99.